The third-order valence-electron chi connectivity index (χ3n) is 3.36. The fraction of sp³-hybridized carbons (Fsp3) is 0.294. The number of nitrogens with zero attached hydrogens (tertiary/aromatic N) is 1. The molecule has 0 bridgehead atoms. The van der Waals surface area contributed by atoms with Gasteiger partial charge in [0.2, 0.25) is 0 Å². The highest BCUT2D eigenvalue weighted by molar-refractivity contribution is 5.96. The lowest BCUT2D eigenvalue weighted by Gasteiger charge is -2.10. The van der Waals surface area contributed by atoms with Gasteiger partial charge in [0.05, 0.1) is 12.7 Å². The van der Waals surface area contributed by atoms with Gasteiger partial charge in [0.15, 0.2) is 0 Å². The Morgan fingerprint density at radius 3 is 2.77 bits per heavy atom. The van der Waals surface area contributed by atoms with Crippen molar-refractivity contribution in [1.82, 2.24) is 9.88 Å². The number of para-hydroxylation sites is 1. The highest BCUT2D eigenvalue weighted by atomic mass is 16.5. The van der Waals surface area contributed by atoms with Crippen molar-refractivity contribution in [2.45, 2.75) is 19.9 Å². The first-order chi connectivity index (χ1) is 10.6. The summed E-state index contributed by atoms with van der Waals surface area (Å²) >= 11 is 0. The Bertz CT molecular complexity index is 707. The van der Waals surface area contributed by atoms with Gasteiger partial charge in [0.25, 0.3) is 11.5 Å². The first kappa shape index (κ1) is 15.8. The molecule has 0 fully saturated rings. The molecule has 1 N–H and O–H groups in total. The summed E-state index contributed by atoms with van der Waals surface area (Å²) in [5, 5.41) is 2.84. The van der Waals surface area contributed by atoms with Crippen molar-refractivity contribution in [2.24, 2.45) is 0 Å². The number of amides is 1. The number of carbonyl (C=O) groups excluding carboxylic acids is 1. The fourth-order valence-electron chi connectivity index (χ4n) is 2.17. The van der Waals surface area contributed by atoms with Gasteiger partial charge in [-0.05, 0) is 37.1 Å². The lowest BCUT2D eigenvalue weighted by molar-refractivity contribution is 0.0949. The lowest BCUT2D eigenvalue weighted by atomic mass is 10.2. The molecule has 1 amide bonds. The predicted octanol–water partition coefficient (Wildman–Crippen LogP) is 1.99. The number of rotatable bonds is 6. The van der Waals surface area contributed by atoms with E-state index < -0.39 is 0 Å². The van der Waals surface area contributed by atoms with Crippen molar-refractivity contribution in [1.29, 1.82) is 0 Å². The van der Waals surface area contributed by atoms with Gasteiger partial charge in [0, 0.05) is 25.4 Å². The van der Waals surface area contributed by atoms with Gasteiger partial charge in [-0.25, -0.2) is 0 Å². The van der Waals surface area contributed by atoms with Gasteiger partial charge >= 0.3 is 0 Å². The van der Waals surface area contributed by atoms with Crippen LogP contribution in [0, 0.1) is 6.92 Å². The molecule has 1 heterocycles. The fourth-order valence-corrected chi connectivity index (χ4v) is 2.17. The van der Waals surface area contributed by atoms with Crippen LogP contribution >= 0.6 is 0 Å². The molecule has 116 valence electrons. The Balaban J connectivity index is 1.86. The summed E-state index contributed by atoms with van der Waals surface area (Å²) in [6.45, 7) is 2.96. The average Bonchev–Trinajstić information content (AvgIpc) is 2.53. The highest BCUT2D eigenvalue weighted by Gasteiger charge is 2.10. The van der Waals surface area contributed by atoms with Crippen LogP contribution < -0.4 is 15.6 Å². The normalized spacial score (nSPS) is 10.3. The van der Waals surface area contributed by atoms with Crippen molar-refractivity contribution >= 4 is 5.91 Å². The summed E-state index contributed by atoms with van der Waals surface area (Å²) < 4.78 is 6.80. The Morgan fingerprint density at radius 1 is 1.27 bits per heavy atom. The van der Waals surface area contributed by atoms with E-state index in [4.69, 9.17) is 4.74 Å². The maximum absolute atomic E-state index is 12.1. The summed E-state index contributed by atoms with van der Waals surface area (Å²) in [7, 11) is 1.54. The Hall–Kier alpha value is -2.56. The van der Waals surface area contributed by atoms with Gasteiger partial charge < -0.3 is 14.6 Å². The van der Waals surface area contributed by atoms with Gasteiger partial charge in [0.1, 0.15) is 5.75 Å². The molecule has 0 aliphatic carbocycles. The molecule has 2 rings (SSSR count). The van der Waals surface area contributed by atoms with Crippen LogP contribution in [0.1, 0.15) is 22.3 Å². The van der Waals surface area contributed by atoms with E-state index in [1.807, 2.05) is 19.1 Å². The second kappa shape index (κ2) is 7.45. The third-order valence-corrected chi connectivity index (χ3v) is 3.36. The number of pyridine rings is 1. The SMILES string of the molecule is COc1ccccc1C(=O)NCCCn1ccc(C)cc1=O. The number of carbonyl (C=O) groups is 1. The van der Waals surface area contributed by atoms with Crippen molar-refractivity contribution < 1.29 is 9.53 Å². The second-order valence-electron chi connectivity index (χ2n) is 5.05. The Morgan fingerprint density at radius 2 is 2.05 bits per heavy atom. The molecule has 5 heteroatoms. The molecule has 0 saturated heterocycles. The molecular weight excluding hydrogens is 280 g/mol. The zero-order chi connectivity index (χ0) is 15.9. The monoisotopic (exact) mass is 300 g/mol. The molecule has 0 radical (unpaired) electrons. The van der Waals surface area contributed by atoms with Crippen LogP contribution in [-0.4, -0.2) is 24.1 Å². The zero-order valence-corrected chi connectivity index (χ0v) is 12.8. The molecule has 0 spiro atoms. The molecule has 0 aliphatic heterocycles. The largest absolute Gasteiger partial charge is 0.496 e. The number of aryl methyl sites for hydroxylation is 2. The molecule has 0 atom stereocenters. The topological polar surface area (TPSA) is 60.3 Å². The van der Waals surface area contributed by atoms with E-state index in [1.54, 1.807) is 35.0 Å². The quantitative estimate of drug-likeness (QED) is 0.830. The van der Waals surface area contributed by atoms with Gasteiger partial charge in [-0.15, -0.1) is 0 Å². The number of hydrogen-bond acceptors (Lipinski definition) is 3. The van der Waals surface area contributed by atoms with E-state index in [9.17, 15) is 9.59 Å². The van der Waals surface area contributed by atoms with Crippen molar-refractivity contribution in [2.75, 3.05) is 13.7 Å². The summed E-state index contributed by atoms with van der Waals surface area (Å²) in [4.78, 5) is 23.8. The van der Waals surface area contributed by atoms with Crippen LogP contribution in [0.15, 0.2) is 47.4 Å². The molecule has 2 aromatic rings. The second-order valence-corrected chi connectivity index (χ2v) is 5.05. The zero-order valence-electron chi connectivity index (χ0n) is 12.8. The lowest BCUT2D eigenvalue weighted by Crippen LogP contribution is -2.27. The van der Waals surface area contributed by atoms with Crippen LogP contribution in [0.25, 0.3) is 0 Å². The number of hydrogen-bond donors (Lipinski definition) is 1. The minimum Gasteiger partial charge on any atom is -0.496 e. The molecule has 1 aromatic heterocycles. The molecule has 0 aliphatic rings. The van der Waals surface area contributed by atoms with E-state index >= 15 is 0 Å². The Kier molecular flexibility index (Phi) is 5.36. The van der Waals surface area contributed by atoms with Gasteiger partial charge in [-0.3, -0.25) is 9.59 Å². The van der Waals surface area contributed by atoms with Gasteiger partial charge in [-0.1, -0.05) is 12.1 Å². The first-order valence-corrected chi connectivity index (χ1v) is 7.20. The van der Waals surface area contributed by atoms with Crippen LogP contribution in [0.3, 0.4) is 0 Å². The first-order valence-electron chi connectivity index (χ1n) is 7.20. The van der Waals surface area contributed by atoms with E-state index in [1.165, 1.54) is 7.11 Å². The number of benzene rings is 1. The van der Waals surface area contributed by atoms with E-state index in [-0.39, 0.29) is 11.5 Å². The van der Waals surface area contributed by atoms with Crippen molar-refractivity contribution in [3.63, 3.8) is 0 Å². The molecule has 1 aromatic carbocycles. The van der Waals surface area contributed by atoms with Crippen LogP contribution in [0.2, 0.25) is 0 Å². The van der Waals surface area contributed by atoms with Crippen LogP contribution in [0.4, 0.5) is 0 Å². The number of ether oxygens (including phenoxy) is 1. The summed E-state index contributed by atoms with van der Waals surface area (Å²) in [5.41, 5.74) is 1.44. The summed E-state index contributed by atoms with van der Waals surface area (Å²) in [6.07, 6.45) is 2.46. The molecule has 22 heavy (non-hydrogen) atoms. The van der Waals surface area contributed by atoms with E-state index in [0.29, 0.717) is 30.8 Å². The molecule has 5 nitrogen and oxygen atoms in total. The number of aromatic nitrogens is 1. The van der Waals surface area contributed by atoms with Gasteiger partial charge in [-0.2, -0.15) is 0 Å². The number of nitrogens with one attached hydrogen (secondary N) is 1. The minimum atomic E-state index is -0.172. The predicted molar refractivity (Wildman–Crippen MR) is 85.4 cm³/mol. The van der Waals surface area contributed by atoms with Crippen LogP contribution in [-0.2, 0) is 6.54 Å². The minimum absolute atomic E-state index is 0.0175. The van der Waals surface area contributed by atoms with Crippen molar-refractivity contribution in [3.05, 3.63) is 64.1 Å². The molecular formula is C17H20N2O3. The maximum Gasteiger partial charge on any atom is 0.255 e. The van der Waals surface area contributed by atoms with Crippen molar-refractivity contribution in [3.8, 4) is 5.75 Å². The van der Waals surface area contributed by atoms with E-state index in [0.717, 1.165) is 5.56 Å². The smallest absolute Gasteiger partial charge is 0.255 e. The van der Waals surface area contributed by atoms with E-state index in [2.05, 4.69) is 5.32 Å². The average molecular weight is 300 g/mol. The summed E-state index contributed by atoms with van der Waals surface area (Å²) in [5.74, 6) is 0.378. The number of methoxy groups -OCH3 is 1. The third kappa shape index (κ3) is 3.97. The maximum atomic E-state index is 12.1. The summed E-state index contributed by atoms with van der Waals surface area (Å²) in [6, 6.07) is 10.6. The highest BCUT2D eigenvalue weighted by Crippen LogP contribution is 2.16. The Labute approximate surface area is 129 Å². The van der Waals surface area contributed by atoms with Crippen LogP contribution in [0.5, 0.6) is 5.75 Å². The molecule has 0 unspecified atom stereocenters. The molecule has 0 saturated carbocycles. The standard InChI is InChI=1S/C17H20N2O3/c1-13-8-11-19(16(20)12-13)10-5-9-18-17(21)14-6-3-4-7-15(14)22-2/h3-4,6-8,11-12H,5,9-10H2,1-2H3,(H,18,21).